The van der Waals surface area contributed by atoms with Gasteiger partial charge in [0.05, 0.1) is 30.4 Å². The van der Waals surface area contributed by atoms with Crippen LogP contribution < -0.4 is 0 Å². The molecular formula is C10H12N2O2. The summed E-state index contributed by atoms with van der Waals surface area (Å²) < 4.78 is 0. The minimum Gasteiger partial charge on any atom is -0.278 e. The van der Waals surface area contributed by atoms with Gasteiger partial charge in [-0.1, -0.05) is 6.92 Å². The zero-order valence-corrected chi connectivity index (χ0v) is 8.06. The average Bonchev–Trinajstić information content (AvgIpc) is 2.91. The lowest BCUT2D eigenvalue weighted by atomic mass is 10.1. The van der Waals surface area contributed by atoms with Crippen LogP contribution in [0.15, 0.2) is 0 Å². The summed E-state index contributed by atoms with van der Waals surface area (Å²) in [6.45, 7) is 1.90. The number of fused-ring (bicyclic) bond motifs is 1. The summed E-state index contributed by atoms with van der Waals surface area (Å²) in [7, 11) is 0. The van der Waals surface area contributed by atoms with Crippen LogP contribution in [0.3, 0.4) is 0 Å². The van der Waals surface area contributed by atoms with E-state index in [0.717, 1.165) is 6.42 Å². The van der Waals surface area contributed by atoms with Gasteiger partial charge < -0.3 is 0 Å². The van der Waals surface area contributed by atoms with Gasteiger partial charge >= 0.3 is 0 Å². The molecule has 0 aromatic heterocycles. The molecular weight excluding hydrogens is 180 g/mol. The second kappa shape index (κ2) is 3.09. The monoisotopic (exact) mass is 192 g/mol. The van der Waals surface area contributed by atoms with E-state index in [1.807, 2.05) is 13.0 Å². The molecule has 1 heterocycles. The Morgan fingerprint density at radius 1 is 1.50 bits per heavy atom. The van der Waals surface area contributed by atoms with Crippen molar-refractivity contribution in [3.63, 3.8) is 0 Å². The predicted molar refractivity (Wildman–Crippen MR) is 47.8 cm³/mol. The van der Waals surface area contributed by atoms with Crippen LogP contribution in [0, 0.1) is 23.2 Å². The summed E-state index contributed by atoms with van der Waals surface area (Å²) in [6, 6.07) is 1.82. The van der Waals surface area contributed by atoms with Crippen molar-refractivity contribution in [3.8, 4) is 6.07 Å². The van der Waals surface area contributed by atoms with Crippen molar-refractivity contribution in [2.24, 2.45) is 11.8 Å². The average molecular weight is 192 g/mol. The van der Waals surface area contributed by atoms with E-state index in [0.29, 0.717) is 6.42 Å². The molecule has 0 aromatic carbocycles. The molecule has 2 amide bonds. The summed E-state index contributed by atoms with van der Waals surface area (Å²) in [5, 5.41) is 8.58. The van der Waals surface area contributed by atoms with Crippen molar-refractivity contribution in [3.05, 3.63) is 0 Å². The normalized spacial score (nSPS) is 31.3. The highest BCUT2D eigenvalue weighted by atomic mass is 16.2. The van der Waals surface area contributed by atoms with Gasteiger partial charge in [-0.25, -0.2) is 0 Å². The third-order valence-corrected chi connectivity index (χ3v) is 3.06. The lowest BCUT2D eigenvalue weighted by Crippen LogP contribution is -2.41. The van der Waals surface area contributed by atoms with Gasteiger partial charge in [0, 0.05) is 0 Å². The fourth-order valence-corrected chi connectivity index (χ4v) is 2.09. The topological polar surface area (TPSA) is 61.2 Å². The predicted octanol–water partition coefficient (Wildman–Crippen LogP) is 0.684. The molecule has 4 heteroatoms. The zero-order chi connectivity index (χ0) is 10.3. The van der Waals surface area contributed by atoms with E-state index >= 15 is 0 Å². The lowest BCUT2D eigenvalue weighted by Gasteiger charge is -2.24. The number of likely N-dealkylation sites (tertiary alicyclic amines) is 1. The first-order chi connectivity index (χ1) is 6.70. The first-order valence-electron chi connectivity index (χ1n) is 4.94. The van der Waals surface area contributed by atoms with E-state index in [2.05, 4.69) is 0 Å². The number of piperidine rings is 1. The van der Waals surface area contributed by atoms with E-state index in [-0.39, 0.29) is 36.1 Å². The number of rotatable bonds is 3. The molecule has 14 heavy (non-hydrogen) atoms. The fourth-order valence-electron chi connectivity index (χ4n) is 2.09. The van der Waals surface area contributed by atoms with Crippen LogP contribution in [-0.2, 0) is 9.59 Å². The maximum Gasteiger partial charge on any atom is 0.233 e. The van der Waals surface area contributed by atoms with E-state index in [1.54, 1.807) is 0 Å². The van der Waals surface area contributed by atoms with Crippen LogP contribution in [-0.4, -0.2) is 22.8 Å². The number of carbonyl (C=O) groups excluding carboxylic acids is 2. The summed E-state index contributed by atoms with van der Waals surface area (Å²) in [5.41, 5.74) is 0. The van der Waals surface area contributed by atoms with Gasteiger partial charge in [-0.3, -0.25) is 14.5 Å². The van der Waals surface area contributed by atoms with E-state index in [9.17, 15) is 9.59 Å². The second-order valence-electron chi connectivity index (χ2n) is 3.92. The van der Waals surface area contributed by atoms with Gasteiger partial charge in [0.15, 0.2) is 0 Å². The number of imide groups is 1. The zero-order valence-electron chi connectivity index (χ0n) is 8.06. The third-order valence-electron chi connectivity index (χ3n) is 3.06. The molecule has 1 saturated carbocycles. The van der Waals surface area contributed by atoms with E-state index in [4.69, 9.17) is 5.26 Å². The van der Waals surface area contributed by atoms with Crippen molar-refractivity contribution >= 4 is 11.8 Å². The Balaban J connectivity index is 2.14. The molecule has 3 unspecified atom stereocenters. The number of hydrogen-bond acceptors (Lipinski definition) is 3. The molecule has 0 N–H and O–H groups in total. The highest BCUT2D eigenvalue weighted by molar-refractivity contribution is 6.09. The van der Waals surface area contributed by atoms with Crippen LogP contribution >= 0.6 is 0 Å². The Morgan fingerprint density at radius 3 is 2.50 bits per heavy atom. The maximum absolute atomic E-state index is 11.6. The quantitative estimate of drug-likeness (QED) is 0.618. The number of hydrogen-bond donors (Lipinski definition) is 0. The summed E-state index contributed by atoms with van der Waals surface area (Å²) >= 11 is 0. The van der Waals surface area contributed by atoms with Gasteiger partial charge in [0.1, 0.15) is 0 Å². The van der Waals surface area contributed by atoms with Gasteiger partial charge in [0.2, 0.25) is 11.8 Å². The highest BCUT2D eigenvalue weighted by Gasteiger charge is 2.59. The fraction of sp³-hybridized carbons (Fsp3) is 0.700. The Bertz CT molecular complexity index is 312. The first kappa shape index (κ1) is 9.20. The van der Waals surface area contributed by atoms with Crippen LogP contribution in [0.25, 0.3) is 0 Å². The molecule has 4 nitrogen and oxygen atoms in total. The van der Waals surface area contributed by atoms with E-state index in [1.165, 1.54) is 4.90 Å². The number of nitrogens with zero attached hydrogens (tertiary/aromatic N) is 2. The smallest absolute Gasteiger partial charge is 0.233 e. The molecule has 0 radical (unpaired) electrons. The van der Waals surface area contributed by atoms with Crippen molar-refractivity contribution in [2.45, 2.75) is 32.2 Å². The molecule has 0 bridgehead atoms. The molecule has 2 aliphatic rings. The van der Waals surface area contributed by atoms with Crippen LogP contribution in [0.2, 0.25) is 0 Å². The van der Waals surface area contributed by atoms with Gasteiger partial charge in [-0.15, -0.1) is 0 Å². The molecule has 0 spiro atoms. The molecule has 74 valence electrons. The van der Waals surface area contributed by atoms with Crippen molar-refractivity contribution in [1.29, 1.82) is 5.26 Å². The third kappa shape index (κ3) is 1.12. The lowest BCUT2D eigenvalue weighted by molar-refractivity contribution is -0.144. The van der Waals surface area contributed by atoms with Gasteiger partial charge in [-0.2, -0.15) is 5.26 Å². The highest BCUT2D eigenvalue weighted by Crippen LogP contribution is 2.48. The SMILES string of the molecule is CCC(CC#N)N1C(=O)C2CC2C1=O. The Labute approximate surface area is 82.5 Å². The minimum absolute atomic E-state index is 0.0461. The minimum atomic E-state index is -0.201. The second-order valence-corrected chi connectivity index (χ2v) is 3.92. The summed E-state index contributed by atoms with van der Waals surface area (Å²) in [5.74, 6) is -0.199. The first-order valence-corrected chi connectivity index (χ1v) is 4.94. The number of carbonyl (C=O) groups is 2. The Hall–Kier alpha value is -1.37. The molecule has 1 aliphatic heterocycles. The standard InChI is InChI=1S/C10H12N2O2/c1-2-6(3-4-11)12-9(13)7-5-8(7)10(12)14/h6-8H,2-3,5H2,1H3. The van der Waals surface area contributed by atoms with Crippen LogP contribution in [0.5, 0.6) is 0 Å². The maximum atomic E-state index is 11.6. The van der Waals surface area contributed by atoms with Crippen molar-refractivity contribution in [2.75, 3.05) is 0 Å². The van der Waals surface area contributed by atoms with E-state index < -0.39 is 0 Å². The Morgan fingerprint density at radius 2 is 2.07 bits per heavy atom. The summed E-state index contributed by atoms with van der Waals surface area (Å²) in [6.07, 6.45) is 1.66. The largest absolute Gasteiger partial charge is 0.278 e. The van der Waals surface area contributed by atoms with Gasteiger partial charge in [0.25, 0.3) is 0 Å². The number of amides is 2. The van der Waals surface area contributed by atoms with Crippen LogP contribution in [0.1, 0.15) is 26.2 Å². The number of nitriles is 1. The Kier molecular flexibility index (Phi) is 2.03. The molecule has 2 rings (SSSR count). The van der Waals surface area contributed by atoms with Crippen molar-refractivity contribution < 1.29 is 9.59 Å². The molecule has 1 aliphatic carbocycles. The molecule has 3 atom stereocenters. The van der Waals surface area contributed by atoms with Crippen molar-refractivity contribution in [1.82, 2.24) is 4.90 Å². The molecule has 2 fully saturated rings. The molecule has 1 saturated heterocycles. The summed E-state index contributed by atoms with van der Waals surface area (Å²) in [4.78, 5) is 24.6. The van der Waals surface area contributed by atoms with Gasteiger partial charge in [-0.05, 0) is 12.8 Å². The van der Waals surface area contributed by atoms with Crippen LogP contribution in [0.4, 0.5) is 0 Å². The molecule has 0 aromatic rings.